The quantitative estimate of drug-likeness (QED) is 0.295. The molecular weight excluding hydrogens is 306 g/mol. The number of allylic oxidation sites excluding steroid dienone is 2. The molecule has 0 heterocycles. The highest BCUT2D eigenvalue weighted by Gasteiger charge is 2.07. The van der Waals surface area contributed by atoms with Gasteiger partial charge in [-0.05, 0) is 63.3 Å². The van der Waals surface area contributed by atoms with Gasteiger partial charge in [0.25, 0.3) is 11.8 Å². The average Bonchev–Trinajstić information content (AvgIpc) is 2.57. The first-order chi connectivity index (χ1) is 11.4. The second kappa shape index (κ2) is 10.3. The first kappa shape index (κ1) is 19.6. The van der Waals surface area contributed by atoms with Crippen LogP contribution in [0.15, 0.2) is 41.0 Å². The zero-order valence-electron chi connectivity index (χ0n) is 14.4. The van der Waals surface area contributed by atoms with Crippen molar-refractivity contribution in [2.45, 2.75) is 40.0 Å². The van der Waals surface area contributed by atoms with E-state index < -0.39 is 5.91 Å². The van der Waals surface area contributed by atoms with E-state index in [4.69, 9.17) is 5.21 Å². The van der Waals surface area contributed by atoms with Crippen molar-refractivity contribution in [3.05, 3.63) is 47.0 Å². The Balaban J connectivity index is 2.40. The minimum Gasteiger partial charge on any atom is -0.288 e. The largest absolute Gasteiger partial charge is 0.288 e. The molecule has 1 atom stereocenters. The van der Waals surface area contributed by atoms with E-state index in [2.05, 4.69) is 37.4 Å². The molecule has 0 aliphatic rings. The molecule has 0 saturated carbocycles. The van der Waals surface area contributed by atoms with Crippen LogP contribution >= 0.6 is 0 Å². The summed E-state index contributed by atoms with van der Waals surface area (Å²) in [5, 5.41) is 12.5. The third-order valence-electron chi connectivity index (χ3n) is 3.49. The van der Waals surface area contributed by atoms with E-state index in [1.807, 2.05) is 0 Å². The van der Waals surface area contributed by atoms with Crippen LogP contribution < -0.4 is 10.9 Å². The number of hydroxylamine groups is 1. The molecule has 0 radical (unpaired) electrons. The molecule has 0 unspecified atom stereocenters. The molecule has 0 bridgehead atoms. The third-order valence-corrected chi connectivity index (χ3v) is 3.49. The van der Waals surface area contributed by atoms with Crippen molar-refractivity contribution >= 4 is 18.0 Å². The van der Waals surface area contributed by atoms with E-state index in [0.29, 0.717) is 11.5 Å². The Labute approximate surface area is 142 Å². The molecule has 1 aromatic carbocycles. The van der Waals surface area contributed by atoms with E-state index in [9.17, 15) is 9.59 Å². The summed E-state index contributed by atoms with van der Waals surface area (Å²) in [5.74, 6) is -0.473. The second-order valence-corrected chi connectivity index (χ2v) is 5.97. The van der Waals surface area contributed by atoms with Gasteiger partial charge in [0.15, 0.2) is 0 Å². The van der Waals surface area contributed by atoms with Crippen LogP contribution in [0.1, 0.15) is 60.7 Å². The lowest BCUT2D eigenvalue weighted by Gasteiger charge is -2.06. The lowest BCUT2D eigenvalue weighted by atomic mass is 10.0. The Hall–Kier alpha value is -2.47. The predicted molar refractivity (Wildman–Crippen MR) is 94.1 cm³/mol. The van der Waals surface area contributed by atoms with Gasteiger partial charge in [0.2, 0.25) is 0 Å². The van der Waals surface area contributed by atoms with Crippen LogP contribution in [0.2, 0.25) is 0 Å². The number of nitrogens with zero attached hydrogens (tertiary/aromatic N) is 1. The topological polar surface area (TPSA) is 90.8 Å². The van der Waals surface area contributed by atoms with Crippen molar-refractivity contribution < 1.29 is 14.8 Å². The summed E-state index contributed by atoms with van der Waals surface area (Å²) in [6, 6.07) is 5.90. The molecule has 0 saturated heterocycles. The highest BCUT2D eigenvalue weighted by Crippen LogP contribution is 2.10. The van der Waals surface area contributed by atoms with Crippen LogP contribution in [-0.4, -0.2) is 23.2 Å². The summed E-state index contributed by atoms with van der Waals surface area (Å²) < 4.78 is 0. The maximum absolute atomic E-state index is 11.9. The lowest BCUT2D eigenvalue weighted by molar-refractivity contribution is 0.0706. The Kier molecular flexibility index (Phi) is 8.43. The highest BCUT2D eigenvalue weighted by molar-refractivity contribution is 5.97. The van der Waals surface area contributed by atoms with Crippen LogP contribution in [0, 0.1) is 5.92 Å². The zero-order chi connectivity index (χ0) is 17.9. The Morgan fingerprint density at radius 2 is 1.75 bits per heavy atom. The molecule has 3 N–H and O–H groups in total. The first-order valence-electron chi connectivity index (χ1n) is 7.93. The van der Waals surface area contributed by atoms with E-state index in [0.717, 1.165) is 19.3 Å². The van der Waals surface area contributed by atoms with Crippen LogP contribution in [0.25, 0.3) is 0 Å². The van der Waals surface area contributed by atoms with Gasteiger partial charge in [0.05, 0.1) is 0 Å². The van der Waals surface area contributed by atoms with Gasteiger partial charge in [-0.15, -0.1) is 0 Å². The molecule has 24 heavy (non-hydrogen) atoms. The Morgan fingerprint density at radius 1 is 1.17 bits per heavy atom. The summed E-state index contributed by atoms with van der Waals surface area (Å²) in [6.07, 6.45) is 6.86. The van der Waals surface area contributed by atoms with Crippen molar-refractivity contribution in [2.75, 3.05) is 0 Å². The maximum atomic E-state index is 11.9. The lowest BCUT2D eigenvalue weighted by Crippen LogP contribution is -2.20. The van der Waals surface area contributed by atoms with Crippen molar-refractivity contribution in [2.24, 2.45) is 11.0 Å². The standard InChI is InChI=1S/C18H25N3O3/c1-13(2)5-4-6-14(3)11-12-19-20-17(22)15-7-9-16(10-8-15)18(23)21-24/h5,7-10,12,14,24H,4,6,11H2,1-3H3,(H,20,22)(H,21,23)/b19-12+/t14-/m0/s1. The minimum absolute atomic E-state index is 0.266. The van der Waals surface area contributed by atoms with Crippen LogP contribution in [-0.2, 0) is 0 Å². The van der Waals surface area contributed by atoms with Gasteiger partial charge in [0, 0.05) is 17.3 Å². The molecule has 6 heteroatoms. The highest BCUT2D eigenvalue weighted by atomic mass is 16.5. The predicted octanol–water partition coefficient (Wildman–Crippen LogP) is 3.29. The van der Waals surface area contributed by atoms with Gasteiger partial charge in [-0.1, -0.05) is 18.6 Å². The number of benzene rings is 1. The zero-order valence-corrected chi connectivity index (χ0v) is 14.4. The second-order valence-electron chi connectivity index (χ2n) is 5.97. The number of hydrazone groups is 1. The van der Waals surface area contributed by atoms with E-state index in [1.54, 1.807) is 6.21 Å². The van der Waals surface area contributed by atoms with Crippen molar-refractivity contribution in [3.8, 4) is 0 Å². The maximum Gasteiger partial charge on any atom is 0.274 e. The van der Waals surface area contributed by atoms with E-state index in [1.165, 1.54) is 35.3 Å². The normalized spacial score (nSPS) is 11.8. The van der Waals surface area contributed by atoms with Crippen molar-refractivity contribution in [3.63, 3.8) is 0 Å². The first-order valence-corrected chi connectivity index (χ1v) is 7.93. The number of amides is 2. The number of rotatable bonds is 8. The van der Waals surface area contributed by atoms with Crippen molar-refractivity contribution in [1.82, 2.24) is 10.9 Å². The monoisotopic (exact) mass is 331 g/mol. The SMILES string of the molecule is CC(C)=CCC[C@H](C)C/C=N/NC(=O)c1ccc(C(=O)NO)cc1. The number of nitrogens with one attached hydrogen (secondary N) is 2. The summed E-state index contributed by atoms with van der Waals surface area (Å²) in [6.45, 7) is 6.33. The molecule has 0 aliphatic heterocycles. The molecular formula is C18H25N3O3. The van der Waals surface area contributed by atoms with Gasteiger partial charge in [-0.25, -0.2) is 10.9 Å². The molecule has 0 fully saturated rings. The van der Waals surface area contributed by atoms with Gasteiger partial charge < -0.3 is 0 Å². The van der Waals surface area contributed by atoms with Crippen molar-refractivity contribution in [1.29, 1.82) is 0 Å². The van der Waals surface area contributed by atoms with Crippen LogP contribution in [0.3, 0.4) is 0 Å². The fourth-order valence-electron chi connectivity index (χ4n) is 2.01. The number of hydrogen-bond acceptors (Lipinski definition) is 4. The van der Waals surface area contributed by atoms with E-state index >= 15 is 0 Å². The molecule has 0 aliphatic carbocycles. The van der Waals surface area contributed by atoms with Crippen LogP contribution in [0.5, 0.6) is 0 Å². The molecule has 1 rings (SSSR count). The van der Waals surface area contributed by atoms with Gasteiger partial charge >= 0.3 is 0 Å². The number of hydrogen-bond donors (Lipinski definition) is 3. The van der Waals surface area contributed by atoms with Gasteiger partial charge in [-0.2, -0.15) is 5.10 Å². The Bertz CT molecular complexity index is 602. The van der Waals surface area contributed by atoms with Gasteiger partial charge in [0.1, 0.15) is 0 Å². The average molecular weight is 331 g/mol. The van der Waals surface area contributed by atoms with Gasteiger partial charge in [-0.3, -0.25) is 14.8 Å². The molecule has 0 aromatic heterocycles. The molecule has 1 aromatic rings. The minimum atomic E-state index is -0.623. The summed E-state index contributed by atoms with van der Waals surface area (Å²) in [5.41, 5.74) is 5.97. The Morgan fingerprint density at radius 3 is 2.29 bits per heavy atom. The molecule has 6 nitrogen and oxygen atoms in total. The molecule has 2 amide bonds. The smallest absolute Gasteiger partial charge is 0.274 e. The fraction of sp³-hybridized carbons (Fsp3) is 0.389. The fourth-order valence-corrected chi connectivity index (χ4v) is 2.01. The number of carbonyl (C=O) groups is 2. The summed E-state index contributed by atoms with van der Waals surface area (Å²) in [7, 11) is 0. The summed E-state index contributed by atoms with van der Waals surface area (Å²) in [4.78, 5) is 23.1. The third kappa shape index (κ3) is 7.19. The molecule has 0 spiro atoms. The molecule has 130 valence electrons. The van der Waals surface area contributed by atoms with Crippen LogP contribution in [0.4, 0.5) is 0 Å². The number of carbonyl (C=O) groups excluding carboxylic acids is 2. The summed E-state index contributed by atoms with van der Waals surface area (Å²) >= 11 is 0. The van der Waals surface area contributed by atoms with E-state index in [-0.39, 0.29) is 11.5 Å².